The molecule has 3 saturated carbocycles. The summed E-state index contributed by atoms with van der Waals surface area (Å²) in [6, 6.07) is 0. The van der Waals surface area contributed by atoms with Gasteiger partial charge in [-0.05, 0) is 87.5 Å². The molecular formula is C21H29NO2. The molecule has 0 amide bonds. The third-order valence-corrected chi connectivity index (χ3v) is 8.16. The summed E-state index contributed by atoms with van der Waals surface area (Å²) in [7, 11) is 0. The quantitative estimate of drug-likeness (QED) is 0.432. The summed E-state index contributed by atoms with van der Waals surface area (Å²) in [6.45, 7) is 2.22. The molecule has 0 aromatic heterocycles. The van der Waals surface area contributed by atoms with Crippen LogP contribution in [0.3, 0.4) is 0 Å². The van der Waals surface area contributed by atoms with Gasteiger partial charge in [0.1, 0.15) is 5.60 Å². The zero-order chi connectivity index (χ0) is 16.9. The van der Waals surface area contributed by atoms with E-state index in [9.17, 15) is 5.11 Å². The lowest BCUT2D eigenvalue weighted by atomic mass is 9.49. The number of oxime groups is 1. The molecule has 2 unspecified atom stereocenters. The first-order valence-corrected chi connectivity index (χ1v) is 9.70. The molecule has 4 rings (SSSR count). The Kier molecular flexibility index (Phi) is 3.80. The molecular weight excluding hydrogens is 298 g/mol. The maximum absolute atomic E-state index is 11.1. The molecule has 2 N–H and O–H groups in total. The minimum Gasteiger partial charge on any atom is -0.411 e. The largest absolute Gasteiger partial charge is 0.411 e. The van der Waals surface area contributed by atoms with Gasteiger partial charge in [-0.3, -0.25) is 0 Å². The predicted octanol–water partition coefficient (Wildman–Crippen LogP) is 4.14. The van der Waals surface area contributed by atoms with Crippen molar-refractivity contribution in [1.82, 2.24) is 0 Å². The number of hydrogen-bond donors (Lipinski definition) is 2. The first-order chi connectivity index (χ1) is 11.6. The molecule has 6 atom stereocenters. The summed E-state index contributed by atoms with van der Waals surface area (Å²) in [5.41, 5.74) is 1.40. The van der Waals surface area contributed by atoms with E-state index in [0.29, 0.717) is 17.8 Å². The predicted molar refractivity (Wildman–Crippen MR) is 94.7 cm³/mol. The third-order valence-electron chi connectivity index (χ3n) is 8.16. The Morgan fingerprint density at radius 2 is 2.04 bits per heavy atom. The maximum Gasteiger partial charge on any atom is 0.131 e. The van der Waals surface area contributed by atoms with Gasteiger partial charge in [-0.15, -0.1) is 6.42 Å². The summed E-state index contributed by atoms with van der Waals surface area (Å²) in [4.78, 5) is 0. The van der Waals surface area contributed by atoms with Gasteiger partial charge in [0, 0.05) is 5.41 Å². The van der Waals surface area contributed by atoms with Crippen molar-refractivity contribution >= 4 is 5.71 Å². The van der Waals surface area contributed by atoms with Gasteiger partial charge >= 0.3 is 0 Å². The Bertz CT molecular complexity index is 630. The maximum atomic E-state index is 11.1. The zero-order valence-corrected chi connectivity index (χ0v) is 14.7. The van der Waals surface area contributed by atoms with Gasteiger partial charge in [0.2, 0.25) is 0 Å². The molecule has 3 fully saturated rings. The lowest BCUT2D eigenvalue weighted by Crippen LogP contribution is -2.53. The fraction of sp³-hybridized carbons (Fsp3) is 0.762. The average Bonchev–Trinajstić information content (AvgIpc) is 2.94. The number of nitrogens with zero attached hydrogens (tertiary/aromatic N) is 1. The van der Waals surface area contributed by atoms with Crippen molar-refractivity contribution in [3.8, 4) is 12.3 Å². The molecule has 3 heteroatoms. The highest BCUT2D eigenvalue weighted by molar-refractivity contribution is 5.96. The molecule has 0 saturated heterocycles. The number of aliphatic hydroxyl groups is 1. The summed E-state index contributed by atoms with van der Waals surface area (Å²) < 4.78 is 0. The Labute approximate surface area is 145 Å². The van der Waals surface area contributed by atoms with Crippen LogP contribution < -0.4 is 0 Å². The normalized spacial score (nSPS) is 48.9. The van der Waals surface area contributed by atoms with Crippen LogP contribution in [0.5, 0.6) is 0 Å². The van der Waals surface area contributed by atoms with Crippen LogP contribution in [-0.2, 0) is 0 Å². The van der Waals surface area contributed by atoms with Gasteiger partial charge < -0.3 is 10.3 Å². The molecule has 0 bridgehead atoms. The smallest absolute Gasteiger partial charge is 0.131 e. The number of rotatable bonds is 1. The highest BCUT2D eigenvalue weighted by Crippen LogP contribution is 2.66. The second kappa shape index (κ2) is 5.63. The van der Waals surface area contributed by atoms with E-state index in [1.54, 1.807) is 0 Å². The zero-order valence-electron chi connectivity index (χ0n) is 14.7. The fourth-order valence-corrected chi connectivity index (χ4v) is 7.05. The summed E-state index contributed by atoms with van der Waals surface area (Å²) in [5, 5.41) is 23.7. The number of terminal acetylenes is 1. The van der Waals surface area contributed by atoms with Crippen molar-refractivity contribution in [3.63, 3.8) is 0 Å². The van der Waals surface area contributed by atoms with Crippen molar-refractivity contribution in [3.05, 3.63) is 11.6 Å². The Morgan fingerprint density at radius 3 is 2.75 bits per heavy atom. The average molecular weight is 327 g/mol. The molecule has 0 aromatic carbocycles. The van der Waals surface area contributed by atoms with E-state index < -0.39 is 5.60 Å². The van der Waals surface area contributed by atoms with Gasteiger partial charge in [0.05, 0.1) is 5.71 Å². The van der Waals surface area contributed by atoms with Gasteiger partial charge in [0.25, 0.3) is 0 Å². The van der Waals surface area contributed by atoms with E-state index in [4.69, 9.17) is 11.6 Å². The lowest BCUT2D eigenvalue weighted by Gasteiger charge is -2.56. The molecule has 0 aromatic rings. The SMILES string of the molecule is C#C[C@]1(O)CCC2[C@@H]3CCC4=C/C(=N/O)CC[C@@H]4C3CC[C@@]21CC. The van der Waals surface area contributed by atoms with Crippen LogP contribution in [0.15, 0.2) is 16.8 Å². The van der Waals surface area contributed by atoms with Crippen LogP contribution in [-0.4, -0.2) is 21.6 Å². The summed E-state index contributed by atoms with van der Waals surface area (Å²) in [6.07, 6.45) is 17.4. The second-order valence-electron chi connectivity index (χ2n) is 8.52. The van der Waals surface area contributed by atoms with E-state index in [1.807, 2.05) is 0 Å². The van der Waals surface area contributed by atoms with E-state index in [-0.39, 0.29) is 5.41 Å². The minimum absolute atomic E-state index is 0.0590. The van der Waals surface area contributed by atoms with Gasteiger partial charge in [-0.25, -0.2) is 0 Å². The monoisotopic (exact) mass is 327 g/mol. The molecule has 4 aliphatic carbocycles. The van der Waals surface area contributed by atoms with Gasteiger partial charge in [-0.2, -0.15) is 0 Å². The summed E-state index contributed by atoms with van der Waals surface area (Å²) >= 11 is 0. The first-order valence-electron chi connectivity index (χ1n) is 9.70. The number of allylic oxidation sites excluding steroid dienone is 2. The van der Waals surface area contributed by atoms with E-state index in [1.165, 1.54) is 18.4 Å². The first kappa shape index (κ1) is 16.2. The van der Waals surface area contributed by atoms with E-state index in [2.05, 4.69) is 24.1 Å². The van der Waals surface area contributed by atoms with Crippen molar-refractivity contribution < 1.29 is 10.3 Å². The van der Waals surface area contributed by atoms with Crippen molar-refractivity contribution in [1.29, 1.82) is 0 Å². The van der Waals surface area contributed by atoms with Crippen LogP contribution in [0.25, 0.3) is 0 Å². The van der Waals surface area contributed by atoms with E-state index >= 15 is 0 Å². The highest BCUT2D eigenvalue weighted by Gasteiger charge is 2.63. The second-order valence-corrected chi connectivity index (χ2v) is 8.52. The van der Waals surface area contributed by atoms with Gasteiger partial charge in [0.15, 0.2) is 0 Å². The highest BCUT2D eigenvalue weighted by atomic mass is 16.4. The van der Waals surface area contributed by atoms with Crippen LogP contribution in [0.4, 0.5) is 0 Å². The topological polar surface area (TPSA) is 52.8 Å². The minimum atomic E-state index is -0.892. The van der Waals surface area contributed by atoms with Crippen LogP contribution in [0.2, 0.25) is 0 Å². The molecule has 0 radical (unpaired) electrons. The van der Waals surface area contributed by atoms with Crippen molar-refractivity contribution in [2.75, 3.05) is 0 Å². The van der Waals surface area contributed by atoms with Crippen molar-refractivity contribution in [2.24, 2.45) is 34.2 Å². The Balaban J connectivity index is 1.65. The molecule has 3 nitrogen and oxygen atoms in total. The lowest BCUT2D eigenvalue weighted by molar-refractivity contribution is -0.0989. The summed E-state index contributed by atoms with van der Waals surface area (Å²) in [5.74, 6) is 5.47. The molecule has 4 aliphatic rings. The standard InChI is InChI=1S/C21H29NO2/c1-3-20-11-9-17-16-8-6-15(22-24)13-14(16)5-7-18(17)19(20)10-12-21(20,23)4-2/h2,13,16-19,23-24H,3,5-12H2,1H3/b22-15+/t16-,17?,18+,19?,20-,21-/m0/s1. The van der Waals surface area contributed by atoms with E-state index in [0.717, 1.165) is 56.6 Å². The molecule has 0 aliphatic heterocycles. The number of fused-ring (bicyclic) bond motifs is 5. The molecule has 130 valence electrons. The molecule has 0 heterocycles. The van der Waals surface area contributed by atoms with Crippen LogP contribution in [0, 0.1) is 41.4 Å². The number of hydrogen-bond acceptors (Lipinski definition) is 3. The Morgan fingerprint density at radius 1 is 1.21 bits per heavy atom. The Hall–Kier alpha value is -1.27. The fourth-order valence-electron chi connectivity index (χ4n) is 7.05. The third kappa shape index (κ3) is 1.99. The molecule has 24 heavy (non-hydrogen) atoms. The van der Waals surface area contributed by atoms with Crippen LogP contribution >= 0.6 is 0 Å². The van der Waals surface area contributed by atoms with Crippen LogP contribution in [0.1, 0.15) is 64.7 Å². The van der Waals surface area contributed by atoms with Gasteiger partial charge in [-0.1, -0.05) is 23.6 Å². The molecule has 0 spiro atoms. The van der Waals surface area contributed by atoms with Crippen molar-refractivity contribution in [2.45, 2.75) is 70.3 Å².